The highest BCUT2D eigenvalue weighted by molar-refractivity contribution is 4.97. The quantitative estimate of drug-likeness (QED) is 0.302. The minimum atomic E-state index is 0.187. The van der Waals surface area contributed by atoms with Crippen molar-refractivity contribution in [2.24, 2.45) is 17.8 Å². The van der Waals surface area contributed by atoms with E-state index in [0.29, 0.717) is 6.10 Å². The van der Waals surface area contributed by atoms with Crippen molar-refractivity contribution >= 4 is 0 Å². The summed E-state index contributed by atoms with van der Waals surface area (Å²) in [7, 11) is 0. The Labute approximate surface area is 170 Å². The molecule has 160 valence electrons. The van der Waals surface area contributed by atoms with Crippen LogP contribution in [0.2, 0.25) is 0 Å². The maximum Gasteiger partial charge on any atom is 0.0614 e. The molecule has 0 aromatic heterocycles. The number of ether oxygens (including phenoxy) is 1. The molecule has 1 saturated heterocycles. The molecular formula is C25H48O2. The number of aliphatic hydroxyl groups excluding tert-OH is 1. The van der Waals surface area contributed by atoms with Crippen LogP contribution in [0.3, 0.4) is 0 Å². The van der Waals surface area contributed by atoms with Crippen molar-refractivity contribution < 1.29 is 9.84 Å². The maximum atomic E-state index is 8.90. The average Bonchev–Trinajstić information content (AvgIpc) is 2.62. The Balaban J connectivity index is 1.98. The van der Waals surface area contributed by atoms with Gasteiger partial charge in [-0.2, -0.15) is 0 Å². The first-order valence-electron chi connectivity index (χ1n) is 11.9. The Morgan fingerprint density at radius 3 is 2.07 bits per heavy atom. The lowest BCUT2D eigenvalue weighted by molar-refractivity contribution is 0.00202. The first-order chi connectivity index (χ1) is 13.0. The third-order valence-electron chi connectivity index (χ3n) is 6.43. The zero-order valence-corrected chi connectivity index (χ0v) is 18.8. The lowest BCUT2D eigenvalue weighted by atomic mass is 9.90. The molecule has 1 aliphatic heterocycles. The van der Waals surface area contributed by atoms with Crippen LogP contribution < -0.4 is 0 Å². The van der Waals surface area contributed by atoms with E-state index in [1.54, 1.807) is 0 Å². The Hall–Kier alpha value is -0.340. The molecule has 1 fully saturated rings. The largest absolute Gasteiger partial charge is 0.392 e. The number of hydrogen-bond acceptors (Lipinski definition) is 2. The standard InChI is InChI=1S/C25H48O2/c1-21(12-8-14-23(3)17-18-26)10-7-11-22(2)13-9-15-24(4)20-25-16-5-6-19-27-25/h17,21-22,24-26H,5-16,18-20H2,1-4H3/t21-,22+,24?,25?/m1/s1. The number of rotatable bonds is 15. The van der Waals surface area contributed by atoms with Crippen LogP contribution in [0.15, 0.2) is 11.6 Å². The third-order valence-corrected chi connectivity index (χ3v) is 6.43. The SMILES string of the molecule is CC(=CCO)CCC[C@H](C)CCC[C@H](C)CCCC(C)CC1CCCCO1. The van der Waals surface area contributed by atoms with Gasteiger partial charge in [0.25, 0.3) is 0 Å². The Morgan fingerprint density at radius 2 is 1.52 bits per heavy atom. The molecule has 0 bridgehead atoms. The molecule has 0 saturated carbocycles. The van der Waals surface area contributed by atoms with Crippen molar-refractivity contribution in [2.75, 3.05) is 13.2 Å². The second-order valence-electron chi connectivity index (χ2n) is 9.53. The van der Waals surface area contributed by atoms with Gasteiger partial charge in [0.15, 0.2) is 0 Å². The van der Waals surface area contributed by atoms with Gasteiger partial charge in [-0.05, 0) is 63.2 Å². The summed E-state index contributed by atoms with van der Waals surface area (Å²) >= 11 is 0. The Morgan fingerprint density at radius 1 is 0.926 bits per heavy atom. The monoisotopic (exact) mass is 380 g/mol. The van der Waals surface area contributed by atoms with Crippen LogP contribution >= 0.6 is 0 Å². The fraction of sp³-hybridized carbons (Fsp3) is 0.920. The van der Waals surface area contributed by atoms with Gasteiger partial charge in [0.1, 0.15) is 0 Å². The summed E-state index contributed by atoms with van der Waals surface area (Å²) in [4.78, 5) is 0. The van der Waals surface area contributed by atoms with Gasteiger partial charge in [-0.25, -0.2) is 0 Å². The van der Waals surface area contributed by atoms with E-state index in [2.05, 4.69) is 27.7 Å². The molecule has 2 nitrogen and oxygen atoms in total. The maximum absolute atomic E-state index is 8.90. The lowest BCUT2D eigenvalue weighted by Gasteiger charge is -2.25. The third kappa shape index (κ3) is 13.5. The normalized spacial score (nSPS) is 21.8. The predicted molar refractivity (Wildman–Crippen MR) is 118 cm³/mol. The summed E-state index contributed by atoms with van der Waals surface area (Å²) in [6.45, 7) is 10.6. The van der Waals surface area contributed by atoms with Crippen LogP contribution in [-0.2, 0) is 4.74 Å². The summed E-state index contributed by atoms with van der Waals surface area (Å²) in [6.07, 6.45) is 19.7. The second-order valence-corrected chi connectivity index (χ2v) is 9.53. The van der Waals surface area contributed by atoms with Crippen LogP contribution in [0, 0.1) is 17.8 Å². The molecule has 1 heterocycles. The summed E-state index contributed by atoms with van der Waals surface area (Å²) in [6, 6.07) is 0. The summed E-state index contributed by atoms with van der Waals surface area (Å²) < 4.78 is 5.89. The molecule has 4 atom stereocenters. The van der Waals surface area contributed by atoms with Gasteiger partial charge < -0.3 is 9.84 Å². The van der Waals surface area contributed by atoms with Gasteiger partial charge in [-0.1, -0.05) is 77.4 Å². The van der Waals surface area contributed by atoms with Gasteiger partial charge in [0, 0.05) is 6.61 Å². The number of hydrogen-bond donors (Lipinski definition) is 1. The summed E-state index contributed by atoms with van der Waals surface area (Å²) in [5.74, 6) is 2.54. The lowest BCUT2D eigenvalue weighted by Crippen LogP contribution is -2.21. The van der Waals surface area contributed by atoms with Crippen LogP contribution in [-0.4, -0.2) is 24.4 Å². The van der Waals surface area contributed by atoms with E-state index in [4.69, 9.17) is 9.84 Å². The molecule has 0 aromatic carbocycles. The van der Waals surface area contributed by atoms with Gasteiger partial charge in [0.05, 0.1) is 12.7 Å². The molecule has 0 amide bonds. The minimum absolute atomic E-state index is 0.187. The molecule has 1 aliphatic rings. The first kappa shape index (κ1) is 24.7. The zero-order chi connectivity index (χ0) is 19.9. The highest BCUT2D eigenvalue weighted by atomic mass is 16.5. The molecule has 1 rings (SSSR count). The van der Waals surface area contributed by atoms with Crippen molar-refractivity contribution in [3.8, 4) is 0 Å². The highest BCUT2D eigenvalue weighted by Crippen LogP contribution is 2.25. The first-order valence-corrected chi connectivity index (χ1v) is 11.9. The van der Waals surface area contributed by atoms with Gasteiger partial charge in [-0.15, -0.1) is 0 Å². The molecule has 0 aliphatic carbocycles. The average molecular weight is 381 g/mol. The molecule has 2 heteroatoms. The van der Waals surface area contributed by atoms with E-state index in [1.165, 1.54) is 82.6 Å². The minimum Gasteiger partial charge on any atom is -0.392 e. The van der Waals surface area contributed by atoms with E-state index in [0.717, 1.165) is 30.8 Å². The van der Waals surface area contributed by atoms with Crippen molar-refractivity contribution in [1.82, 2.24) is 0 Å². The van der Waals surface area contributed by atoms with Gasteiger partial charge in [-0.3, -0.25) is 0 Å². The smallest absolute Gasteiger partial charge is 0.0614 e. The predicted octanol–water partition coefficient (Wildman–Crippen LogP) is 7.30. The molecule has 0 aromatic rings. The summed E-state index contributed by atoms with van der Waals surface area (Å²) in [5, 5.41) is 8.90. The van der Waals surface area contributed by atoms with Crippen molar-refractivity contribution in [3.63, 3.8) is 0 Å². The van der Waals surface area contributed by atoms with Crippen LogP contribution in [0.1, 0.15) is 111 Å². The van der Waals surface area contributed by atoms with Crippen LogP contribution in [0.4, 0.5) is 0 Å². The molecular weight excluding hydrogens is 332 g/mol. The van der Waals surface area contributed by atoms with E-state index in [1.807, 2.05) is 6.08 Å². The second kappa shape index (κ2) is 15.6. The highest BCUT2D eigenvalue weighted by Gasteiger charge is 2.17. The molecule has 0 spiro atoms. The van der Waals surface area contributed by atoms with Crippen molar-refractivity contribution in [3.05, 3.63) is 11.6 Å². The van der Waals surface area contributed by atoms with Crippen LogP contribution in [0.25, 0.3) is 0 Å². The fourth-order valence-corrected chi connectivity index (χ4v) is 4.47. The molecule has 27 heavy (non-hydrogen) atoms. The molecule has 0 radical (unpaired) electrons. The summed E-state index contributed by atoms with van der Waals surface area (Å²) in [5.41, 5.74) is 1.34. The van der Waals surface area contributed by atoms with Crippen molar-refractivity contribution in [2.45, 2.75) is 117 Å². The zero-order valence-electron chi connectivity index (χ0n) is 18.8. The Kier molecular flexibility index (Phi) is 14.2. The van der Waals surface area contributed by atoms with Gasteiger partial charge >= 0.3 is 0 Å². The van der Waals surface area contributed by atoms with Crippen molar-refractivity contribution in [1.29, 1.82) is 0 Å². The Bertz CT molecular complexity index is 371. The molecule has 1 N–H and O–H groups in total. The van der Waals surface area contributed by atoms with E-state index in [9.17, 15) is 0 Å². The van der Waals surface area contributed by atoms with E-state index >= 15 is 0 Å². The number of aliphatic hydroxyl groups is 1. The molecule has 2 unspecified atom stereocenters. The van der Waals surface area contributed by atoms with Gasteiger partial charge in [0.2, 0.25) is 0 Å². The fourth-order valence-electron chi connectivity index (χ4n) is 4.47. The van der Waals surface area contributed by atoms with E-state index < -0.39 is 0 Å². The van der Waals surface area contributed by atoms with E-state index in [-0.39, 0.29) is 6.61 Å². The number of allylic oxidation sites excluding steroid dienone is 1. The topological polar surface area (TPSA) is 29.5 Å². The van der Waals surface area contributed by atoms with Crippen LogP contribution in [0.5, 0.6) is 0 Å².